The molecule has 1 atom stereocenters. The molecule has 0 spiro atoms. The van der Waals surface area contributed by atoms with E-state index in [1.807, 2.05) is 85.1 Å². The number of pyridine rings is 1. The molecule has 5 aromatic rings. The lowest BCUT2D eigenvalue weighted by atomic mass is 10.1. The number of nitrogens with one attached hydrogen (secondary N) is 1. The second-order valence-corrected chi connectivity index (χ2v) is 8.27. The third-order valence-corrected chi connectivity index (χ3v) is 5.77. The van der Waals surface area contributed by atoms with Gasteiger partial charge in [0.2, 0.25) is 0 Å². The lowest BCUT2D eigenvalue weighted by Gasteiger charge is -2.14. The molecule has 184 valence electrons. The minimum Gasteiger partial charge on any atom is -0.497 e. The fourth-order valence-corrected chi connectivity index (χ4v) is 3.84. The zero-order chi connectivity index (χ0) is 25.6. The number of hydrogen-bond donors (Lipinski definition) is 1. The van der Waals surface area contributed by atoms with Crippen molar-refractivity contribution in [3.05, 3.63) is 103 Å². The number of rotatable bonds is 8. The summed E-state index contributed by atoms with van der Waals surface area (Å²) in [5.74, 6) is 0.908. The van der Waals surface area contributed by atoms with Crippen molar-refractivity contribution >= 4 is 23.0 Å². The molecule has 0 aliphatic rings. The highest BCUT2D eigenvalue weighted by Crippen LogP contribution is 2.26. The third kappa shape index (κ3) is 5.33. The molecule has 8 nitrogen and oxygen atoms in total. The van der Waals surface area contributed by atoms with E-state index in [0.717, 1.165) is 33.6 Å². The van der Waals surface area contributed by atoms with Gasteiger partial charge in [-0.15, -0.1) is 0 Å². The van der Waals surface area contributed by atoms with Gasteiger partial charge in [-0.25, -0.2) is 10.1 Å². The fourth-order valence-electron chi connectivity index (χ4n) is 3.84. The summed E-state index contributed by atoms with van der Waals surface area (Å²) in [5, 5.41) is 9.90. The number of benzene rings is 3. The van der Waals surface area contributed by atoms with Crippen molar-refractivity contribution in [1.29, 1.82) is 0 Å². The van der Waals surface area contributed by atoms with E-state index < -0.39 is 6.10 Å². The summed E-state index contributed by atoms with van der Waals surface area (Å²) in [5.41, 5.74) is 6.53. The molecule has 2 heterocycles. The van der Waals surface area contributed by atoms with Crippen molar-refractivity contribution in [3.63, 3.8) is 0 Å². The van der Waals surface area contributed by atoms with Crippen molar-refractivity contribution in [2.24, 2.45) is 5.10 Å². The minimum absolute atomic E-state index is 0.384. The normalized spacial score (nSPS) is 11.9. The molecule has 0 bridgehead atoms. The fraction of sp³-hybridized carbons (Fsp3) is 0.103. The molecule has 1 amide bonds. The Morgan fingerprint density at radius 2 is 1.78 bits per heavy atom. The Labute approximate surface area is 214 Å². The number of hydrazone groups is 1. The van der Waals surface area contributed by atoms with Crippen LogP contribution in [0.1, 0.15) is 12.5 Å². The quantitative estimate of drug-likeness (QED) is 0.243. The largest absolute Gasteiger partial charge is 0.497 e. The van der Waals surface area contributed by atoms with Crippen LogP contribution in [0.2, 0.25) is 0 Å². The van der Waals surface area contributed by atoms with Gasteiger partial charge in [-0.3, -0.25) is 9.78 Å². The number of carbonyl (C=O) groups is 1. The lowest BCUT2D eigenvalue weighted by molar-refractivity contribution is -0.127. The van der Waals surface area contributed by atoms with Gasteiger partial charge in [-0.2, -0.15) is 10.2 Å². The van der Waals surface area contributed by atoms with Crippen LogP contribution in [0.25, 0.3) is 27.8 Å². The number of hydrogen-bond acceptors (Lipinski definition) is 6. The maximum Gasteiger partial charge on any atom is 0.280 e. The van der Waals surface area contributed by atoms with Crippen molar-refractivity contribution in [2.75, 3.05) is 7.11 Å². The van der Waals surface area contributed by atoms with Crippen molar-refractivity contribution in [1.82, 2.24) is 20.2 Å². The average molecular weight is 492 g/mol. The molecule has 37 heavy (non-hydrogen) atoms. The molecule has 2 aromatic heterocycles. The molecule has 0 fully saturated rings. The summed E-state index contributed by atoms with van der Waals surface area (Å²) < 4.78 is 12.9. The van der Waals surface area contributed by atoms with Gasteiger partial charge in [0.15, 0.2) is 6.10 Å². The van der Waals surface area contributed by atoms with Crippen LogP contribution in [-0.2, 0) is 4.79 Å². The number of fused-ring (bicyclic) bond motifs is 1. The Balaban J connectivity index is 1.35. The predicted octanol–water partition coefficient (Wildman–Crippen LogP) is 5.01. The van der Waals surface area contributed by atoms with Gasteiger partial charge in [0.1, 0.15) is 22.7 Å². The second kappa shape index (κ2) is 10.7. The van der Waals surface area contributed by atoms with Gasteiger partial charge in [0, 0.05) is 28.9 Å². The van der Waals surface area contributed by atoms with Crippen LogP contribution < -0.4 is 14.9 Å². The highest BCUT2D eigenvalue weighted by Gasteiger charge is 2.16. The number of aromatic nitrogens is 3. The predicted molar refractivity (Wildman–Crippen MR) is 143 cm³/mol. The maximum atomic E-state index is 12.7. The zero-order valence-electron chi connectivity index (χ0n) is 20.4. The minimum atomic E-state index is -0.780. The first kappa shape index (κ1) is 23.7. The van der Waals surface area contributed by atoms with Gasteiger partial charge in [0.05, 0.1) is 19.0 Å². The Morgan fingerprint density at radius 1 is 1.00 bits per heavy atom. The molecule has 0 saturated heterocycles. The Morgan fingerprint density at radius 3 is 2.57 bits per heavy atom. The van der Waals surface area contributed by atoms with E-state index in [1.54, 1.807) is 37.2 Å². The van der Waals surface area contributed by atoms with Crippen LogP contribution in [0.5, 0.6) is 11.5 Å². The number of carbonyl (C=O) groups excluding carboxylic acids is 1. The number of nitrogens with zero attached hydrogens (tertiary/aromatic N) is 4. The van der Waals surface area contributed by atoms with Crippen molar-refractivity contribution in [2.45, 2.75) is 13.0 Å². The molecule has 0 saturated carbocycles. The number of methoxy groups -OCH3 is 1. The second-order valence-electron chi connectivity index (χ2n) is 8.27. The maximum absolute atomic E-state index is 12.7. The van der Waals surface area contributed by atoms with Crippen LogP contribution in [0.15, 0.2) is 102 Å². The topological polar surface area (TPSA) is 90.6 Å². The summed E-state index contributed by atoms with van der Waals surface area (Å²) in [6.07, 6.45) is 4.36. The summed E-state index contributed by atoms with van der Waals surface area (Å²) in [7, 11) is 1.63. The van der Waals surface area contributed by atoms with Gasteiger partial charge in [0.25, 0.3) is 5.91 Å². The van der Waals surface area contributed by atoms with Gasteiger partial charge in [-0.1, -0.05) is 36.4 Å². The Hall–Kier alpha value is -4.98. The molecule has 0 aliphatic carbocycles. The van der Waals surface area contributed by atoms with Crippen LogP contribution in [-0.4, -0.2) is 40.1 Å². The smallest absolute Gasteiger partial charge is 0.280 e. The molecule has 3 aromatic carbocycles. The van der Waals surface area contributed by atoms with Crippen molar-refractivity contribution < 1.29 is 14.3 Å². The summed E-state index contributed by atoms with van der Waals surface area (Å²) >= 11 is 0. The van der Waals surface area contributed by atoms with E-state index in [-0.39, 0.29) is 5.91 Å². The molecule has 5 rings (SSSR count). The van der Waals surface area contributed by atoms with Crippen molar-refractivity contribution in [3.8, 4) is 28.4 Å². The van der Waals surface area contributed by atoms with Gasteiger partial charge < -0.3 is 9.47 Å². The van der Waals surface area contributed by atoms with E-state index in [0.29, 0.717) is 11.3 Å². The highest BCUT2D eigenvalue weighted by atomic mass is 16.5. The summed E-state index contributed by atoms with van der Waals surface area (Å²) in [6.45, 7) is 1.67. The van der Waals surface area contributed by atoms with E-state index in [9.17, 15) is 4.79 Å². The first-order valence-electron chi connectivity index (χ1n) is 11.8. The Kier molecular flexibility index (Phi) is 6.89. The van der Waals surface area contributed by atoms with Gasteiger partial charge >= 0.3 is 0 Å². The first-order chi connectivity index (χ1) is 18.1. The molecule has 1 N–H and O–H groups in total. The van der Waals surface area contributed by atoms with Crippen LogP contribution in [0, 0.1) is 0 Å². The Bertz CT molecular complexity index is 1540. The van der Waals surface area contributed by atoms with E-state index in [1.165, 1.54) is 0 Å². The number of para-hydroxylation sites is 2. The molecular formula is C29H25N5O3. The SMILES string of the molecule is COc1ccc(-c2nn(-c3ccccc3)cc2/C=N\NC(=O)[C@@H](C)Oc2cccc3cccnc23)cc1. The molecule has 0 radical (unpaired) electrons. The standard InChI is InChI=1S/C29H25N5O3/c1-20(37-26-12-6-8-21-9-7-17-30-28(21)26)29(35)32-31-18-23-19-34(24-10-4-3-5-11-24)33-27(23)22-13-15-25(36-2)16-14-22/h3-20H,1-2H3,(H,32,35)/b31-18-/t20-/m1/s1. The third-order valence-electron chi connectivity index (χ3n) is 5.77. The average Bonchev–Trinajstić information content (AvgIpc) is 3.38. The number of amides is 1. The van der Waals surface area contributed by atoms with Gasteiger partial charge in [-0.05, 0) is 55.5 Å². The van der Waals surface area contributed by atoms with E-state index >= 15 is 0 Å². The zero-order valence-corrected chi connectivity index (χ0v) is 20.4. The van der Waals surface area contributed by atoms with E-state index in [4.69, 9.17) is 14.6 Å². The molecular weight excluding hydrogens is 466 g/mol. The summed E-state index contributed by atoms with van der Waals surface area (Å²) in [4.78, 5) is 17.1. The molecule has 8 heteroatoms. The van der Waals surface area contributed by atoms with E-state index in [2.05, 4.69) is 15.5 Å². The monoisotopic (exact) mass is 491 g/mol. The number of ether oxygens (including phenoxy) is 2. The summed E-state index contributed by atoms with van der Waals surface area (Å²) in [6, 6.07) is 26.8. The first-order valence-corrected chi connectivity index (χ1v) is 11.8. The molecule has 0 aliphatic heterocycles. The van der Waals surface area contributed by atoms with Crippen LogP contribution >= 0.6 is 0 Å². The molecule has 0 unspecified atom stereocenters. The highest BCUT2D eigenvalue weighted by molar-refractivity contribution is 5.90. The van der Waals surface area contributed by atoms with Crippen LogP contribution in [0.3, 0.4) is 0 Å². The lowest BCUT2D eigenvalue weighted by Crippen LogP contribution is -2.33. The van der Waals surface area contributed by atoms with Crippen LogP contribution in [0.4, 0.5) is 0 Å².